The molecule has 0 atom stereocenters. The zero-order chi connectivity index (χ0) is 37.0. The predicted octanol–water partition coefficient (Wildman–Crippen LogP) is 13.8. The molecule has 0 unspecified atom stereocenters. The number of para-hydroxylation sites is 3. The Labute approximate surface area is 323 Å². The van der Waals surface area contributed by atoms with Crippen LogP contribution in [0.25, 0.3) is 106 Å². The first-order valence-corrected chi connectivity index (χ1v) is 18.9. The molecule has 0 aliphatic heterocycles. The van der Waals surface area contributed by atoms with E-state index in [-0.39, 0.29) is 0 Å². The first-order chi connectivity index (χ1) is 27.7. The van der Waals surface area contributed by atoms with Gasteiger partial charge in [-0.25, -0.2) is 9.97 Å². The van der Waals surface area contributed by atoms with E-state index in [1.807, 2.05) is 18.2 Å². The molecule has 262 valence electrons. The van der Waals surface area contributed by atoms with Crippen LogP contribution in [0.4, 0.5) is 0 Å². The number of hydrogen-bond acceptors (Lipinski definition) is 3. The van der Waals surface area contributed by atoms with E-state index in [2.05, 4.69) is 187 Å². The van der Waals surface area contributed by atoms with Gasteiger partial charge in [0.25, 0.3) is 0 Å². The van der Waals surface area contributed by atoms with Crippen molar-refractivity contribution in [2.24, 2.45) is 0 Å². The van der Waals surface area contributed by atoms with Gasteiger partial charge < -0.3 is 8.98 Å². The number of hydrogen-bond donors (Lipinski definition) is 0. The van der Waals surface area contributed by atoms with Crippen molar-refractivity contribution in [2.45, 2.75) is 0 Å². The lowest BCUT2D eigenvalue weighted by molar-refractivity contribution is 0.631. The Bertz CT molecular complexity index is 3190. The largest absolute Gasteiger partial charge is 0.456 e. The van der Waals surface area contributed by atoms with E-state index < -0.39 is 0 Å². The van der Waals surface area contributed by atoms with E-state index in [9.17, 15) is 0 Å². The van der Waals surface area contributed by atoms with Gasteiger partial charge in [0.05, 0.1) is 22.4 Å². The lowest BCUT2D eigenvalue weighted by Crippen LogP contribution is -1.96. The Balaban J connectivity index is 1.04. The molecule has 4 nitrogen and oxygen atoms in total. The summed E-state index contributed by atoms with van der Waals surface area (Å²) in [5.41, 5.74) is 12.4. The molecule has 0 radical (unpaired) electrons. The fourth-order valence-electron chi connectivity index (χ4n) is 8.07. The van der Waals surface area contributed by atoms with Crippen LogP contribution in [0.15, 0.2) is 205 Å². The van der Waals surface area contributed by atoms with Gasteiger partial charge in [-0.05, 0) is 76.5 Å². The zero-order valence-electron chi connectivity index (χ0n) is 30.3. The van der Waals surface area contributed by atoms with Crippen molar-refractivity contribution in [1.82, 2.24) is 14.5 Å². The third-order valence-electron chi connectivity index (χ3n) is 10.8. The average molecular weight is 716 g/mol. The quantitative estimate of drug-likeness (QED) is 0.172. The molecule has 0 fully saturated rings. The van der Waals surface area contributed by atoms with Crippen LogP contribution in [0.3, 0.4) is 0 Å². The van der Waals surface area contributed by atoms with Gasteiger partial charge in [0.15, 0.2) is 5.82 Å². The monoisotopic (exact) mass is 715 g/mol. The SMILES string of the molecule is c1ccc(-n2c3ccccc3c3cc(-c4nc(-c5ccc(-c6cc7ccccc7o6)cc5)cc(-c5ccc(-c6cccc7ccccc67)cc5)n4)ccc32)cc1. The van der Waals surface area contributed by atoms with Crippen LogP contribution in [-0.4, -0.2) is 14.5 Å². The minimum atomic E-state index is 0.676. The fraction of sp³-hybridized carbons (Fsp3) is 0. The highest BCUT2D eigenvalue weighted by Gasteiger charge is 2.17. The number of furan rings is 1. The molecule has 3 aromatic heterocycles. The fourth-order valence-corrected chi connectivity index (χ4v) is 8.07. The van der Waals surface area contributed by atoms with Gasteiger partial charge in [0.2, 0.25) is 0 Å². The Morgan fingerprint density at radius 1 is 0.375 bits per heavy atom. The van der Waals surface area contributed by atoms with E-state index in [0.29, 0.717) is 5.82 Å². The summed E-state index contributed by atoms with van der Waals surface area (Å²) in [6, 6.07) is 70.3. The molecule has 8 aromatic carbocycles. The molecule has 0 spiro atoms. The van der Waals surface area contributed by atoms with Crippen LogP contribution in [0, 0.1) is 0 Å². The maximum Gasteiger partial charge on any atom is 0.160 e. The molecule has 0 aliphatic rings. The highest BCUT2D eigenvalue weighted by Crippen LogP contribution is 2.37. The lowest BCUT2D eigenvalue weighted by Gasteiger charge is -2.12. The van der Waals surface area contributed by atoms with E-state index in [1.54, 1.807) is 0 Å². The molecule has 4 heteroatoms. The molecular weight excluding hydrogens is 683 g/mol. The van der Waals surface area contributed by atoms with Gasteiger partial charge in [0, 0.05) is 44.1 Å². The van der Waals surface area contributed by atoms with Gasteiger partial charge in [0.1, 0.15) is 11.3 Å². The van der Waals surface area contributed by atoms with Gasteiger partial charge in [-0.1, -0.05) is 146 Å². The van der Waals surface area contributed by atoms with Crippen LogP contribution in [0.5, 0.6) is 0 Å². The Morgan fingerprint density at radius 2 is 0.964 bits per heavy atom. The molecule has 56 heavy (non-hydrogen) atoms. The van der Waals surface area contributed by atoms with Gasteiger partial charge in [-0.15, -0.1) is 0 Å². The predicted molar refractivity (Wildman–Crippen MR) is 231 cm³/mol. The average Bonchev–Trinajstić information content (AvgIpc) is 3.86. The summed E-state index contributed by atoms with van der Waals surface area (Å²) in [6.07, 6.45) is 0. The maximum atomic E-state index is 6.19. The Morgan fingerprint density at radius 3 is 1.73 bits per heavy atom. The maximum absolute atomic E-state index is 6.19. The third-order valence-corrected chi connectivity index (χ3v) is 10.8. The summed E-state index contributed by atoms with van der Waals surface area (Å²) >= 11 is 0. The van der Waals surface area contributed by atoms with Gasteiger partial charge in [-0.2, -0.15) is 0 Å². The van der Waals surface area contributed by atoms with Gasteiger partial charge in [-0.3, -0.25) is 0 Å². The molecule has 3 heterocycles. The molecule has 0 aliphatic carbocycles. The zero-order valence-corrected chi connectivity index (χ0v) is 30.3. The first-order valence-electron chi connectivity index (χ1n) is 18.9. The van der Waals surface area contributed by atoms with Crippen LogP contribution in [-0.2, 0) is 0 Å². The molecular formula is C52H33N3O. The highest BCUT2D eigenvalue weighted by molar-refractivity contribution is 6.10. The van der Waals surface area contributed by atoms with Crippen molar-refractivity contribution in [3.63, 3.8) is 0 Å². The molecule has 0 saturated heterocycles. The minimum Gasteiger partial charge on any atom is -0.456 e. The summed E-state index contributed by atoms with van der Waals surface area (Å²) in [4.78, 5) is 10.5. The smallest absolute Gasteiger partial charge is 0.160 e. The third kappa shape index (κ3) is 5.47. The van der Waals surface area contributed by atoms with Crippen LogP contribution < -0.4 is 0 Å². The molecule has 0 saturated carbocycles. The summed E-state index contributed by atoms with van der Waals surface area (Å²) in [7, 11) is 0. The number of rotatable bonds is 6. The number of aromatic nitrogens is 3. The van der Waals surface area contributed by atoms with Crippen molar-refractivity contribution in [2.75, 3.05) is 0 Å². The van der Waals surface area contributed by atoms with Gasteiger partial charge >= 0.3 is 0 Å². The van der Waals surface area contributed by atoms with E-state index >= 15 is 0 Å². The summed E-state index contributed by atoms with van der Waals surface area (Å²) in [5, 5.41) is 5.91. The summed E-state index contributed by atoms with van der Waals surface area (Å²) < 4.78 is 8.52. The van der Waals surface area contributed by atoms with Crippen molar-refractivity contribution < 1.29 is 4.42 Å². The summed E-state index contributed by atoms with van der Waals surface area (Å²) in [6.45, 7) is 0. The molecule has 11 rings (SSSR count). The summed E-state index contributed by atoms with van der Waals surface area (Å²) in [5.74, 6) is 1.52. The van der Waals surface area contributed by atoms with E-state index in [1.165, 1.54) is 27.3 Å². The first kappa shape index (κ1) is 31.9. The van der Waals surface area contributed by atoms with Crippen LogP contribution in [0.1, 0.15) is 0 Å². The van der Waals surface area contributed by atoms with Crippen molar-refractivity contribution in [3.05, 3.63) is 200 Å². The molecule has 0 bridgehead atoms. The Hall–Kier alpha value is -7.56. The van der Waals surface area contributed by atoms with E-state index in [0.717, 1.165) is 72.5 Å². The second kappa shape index (κ2) is 13.1. The topological polar surface area (TPSA) is 43.9 Å². The Kier molecular flexibility index (Phi) is 7.46. The van der Waals surface area contributed by atoms with Crippen molar-refractivity contribution >= 4 is 43.5 Å². The normalized spacial score (nSPS) is 11.6. The molecule has 11 aromatic rings. The second-order valence-electron chi connectivity index (χ2n) is 14.2. The minimum absolute atomic E-state index is 0.676. The lowest BCUT2D eigenvalue weighted by atomic mass is 9.97. The van der Waals surface area contributed by atoms with Crippen molar-refractivity contribution in [3.8, 4) is 62.0 Å². The van der Waals surface area contributed by atoms with Crippen molar-refractivity contribution in [1.29, 1.82) is 0 Å². The molecule has 0 amide bonds. The highest BCUT2D eigenvalue weighted by atomic mass is 16.3. The number of benzene rings is 8. The second-order valence-corrected chi connectivity index (χ2v) is 14.2. The van der Waals surface area contributed by atoms with Crippen LogP contribution in [0.2, 0.25) is 0 Å². The van der Waals surface area contributed by atoms with E-state index in [4.69, 9.17) is 14.4 Å². The number of nitrogens with zero attached hydrogens (tertiary/aromatic N) is 3. The number of fused-ring (bicyclic) bond motifs is 5. The molecule has 0 N–H and O–H groups in total. The van der Waals surface area contributed by atoms with Crippen LogP contribution >= 0.6 is 0 Å². The standard InChI is InChI=1S/C52H33N3O/c1-2-14-41(15-3-1)55-48-19-8-7-17-44(48)45-31-40(29-30-49(45)55)52-53-46(36-23-21-35(22-24-36)43-18-10-13-34-11-4-6-16-42(34)43)33-47(54-52)37-25-27-38(28-26-37)51-32-39-12-5-9-20-50(39)56-51/h1-33H.